The molecule has 0 bridgehead atoms. The van der Waals surface area contributed by atoms with Gasteiger partial charge < -0.3 is 0 Å². The number of rotatable bonds is 3. The van der Waals surface area contributed by atoms with Crippen molar-refractivity contribution in [2.75, 3.05) is 11.4 Å². The molecule has 0 atom stereocenters. The third kappa shape index (κ3) is 2.28. The third-order valence-electron chi connectivity index (χ3n) is 2.96. The lowest BCUT2D eigenvalue weighted by molar-refractivity contribution is 0.596. The number of nitrogens with zero attached hydrogens (tertiary/aromatic N) is 1. The second kappa shape index (κ2) is 4.74. The van der Waals surface area contributed by atoms with Gasteiger partial charge in [-0.2, -0.15) is 0 Å². The highest BCUT2D eigenvalue weighted by Gasteiger charge is 2.22. The summed E-state index contributed by atoms with van der Waals surface area (Å²) in [7, 11) is -1.84. The summed E-state index contributed by atoms with van der Waals surface area (Å²) in [5, 5.41) is 1.76. The van der Waals surface area contributed by atoms with E-state index >= 15 is 0 Å². The van der Waals surface area contributed by atoms with Gasteiger partial charge in [-0.25, -0.2) is 8.42 Å². The number of anilines is 1. The maximum absolute atomic E-state index is 12.3. The number of thiophene rings is 1. The van der Waals surface area contributed by atoms with Gasteiger partial charge in [0.1, 0.15) is 4.21 Å². The van der Waals surface area contributed by atoms with Crippen LogP contribution in [0, 0.1) is 13.8 Å². The van der Waals surface area contributed by atoms with E-state index in [9.17, 15) is 8.42 Å². The van der Waals surface area contributed by atoms with Crippen molar-refractivity contribution in [3.8, 4) is 0 Å². The standard InChI is InChI=1S/C13H15NO2S2/c1-10-6-7-12(9-11(10)2)14(3)18(15,16)13-5-4-8-17-13/h4-9H,1-3H3. The van der Waals surface area contributed by atoms with Gasteiger partial charge in [0.05, 0.1) is 5.69 Å². The van der Waals surface area contributed by atoms with E-state index in [1.807, 2.05) is 32.0 Å². The summed E-state index contributed by atoms with van der Waals surface area (Å²) in [4.78, 5) is 0. The first-order valence-corrected chi connectivity index (χ1v) is 7.84. The summed E-state index contributed by atoms with van der Waals surface area (Å²) in [6, 6.07) is 9.02. The van der Waals surface area contributed by atoms with Crippen molar-refractivity contribution in [2.24, 2.45) is 0 Å². The molecule has 0 spiro atoms. The minimum absolute atomic E-state index is 0.364. The zero-order valence-electron chi connectivity index (χ0n) is 10.5. The van der Waals surface area contributed by atoms with E-state index in [1.165, 1.54) is 15.6 Å². The zero-order chi connectivity index (χ0) is 13.3. The summed E-state index contributed by atoms with van der Waals surface area (Å²) in [6.07, 6.45) is 0. The van der Waals surface area contributed by atoms with Gasteiger partial charge >= 0.3 is 0 Å². The second-order valence-electron chi connectivity index (χ2n) is 4.17. The Hall–Kier alpha value is -1.33. The molecule has 2 aromatic rings. The molecule has 0 saturated heterocycles. The molecule has 3 nitrogen and oxygen atoms in total. The molecular weight excluding hydrogens is 266 g/mol. The second-order valence-corrected chi connectivity index (χ2v) is 7.32. The lowest BCUT2D eigenvalue weighted by atomic mass is 10.1. The first-order chi connectivity index (χ1) is 8.43. The van der Waals surface area contributed by atoms with E-state index in [0.717, 1.165) is 11.1 Å². The average Bonchev–Trinajstić information content (AvgIpc) is 2.86. The largest absolute Gasteiger partial charge is 0.273 e. The molecule has 1 heterocycles. The molecule has 0 saturated carbocycles. The van der Waals surface area contributed by atoms with Crippen molar-refractivity contribution >= 4 is 27.0 Å². The lowest BCUT2D eigenvalue weighted by Gasteiger charge is -2.19. The molecule has 0 N–H and O–H groups in total. The molecule has 1 aromatic heterocycles. The molecule has 0 radical (unpaired) electrons. The normalized spacial score (nSPS) is 11.5. The zero-order valence-corrected chi connectivity index (χ0v) is 12.2. The fraction of sp³-hybridized carbons (Fsp3) is 0.231. The van der Waals surface area contributed by atoms with Gasteiger partial charge in [0.2, 0.25) is 0 Å². The Labute approximate surface area is 112 Å². The molecule has 0 amide bonds. The number of hydrogen-bond acceptors (Lipinski definition) is 3. The molecule has 0 aliphatic heterocycles. The van der Waals surface area contributed by atoms with E-state index < -0.39 is 10.0 Å². The molecule has 5 heteroatoms. The Morgan fingerprint density at radius 1 is 1.11 bits per heavy atom. The minimum Gasteiger partial charge on any atom is -0.269 e. The Morgan fingerprint density at radius 3 is 2.39 bits per heavy atom. The Kier molecular flexibility index (Phi) is 3.45. The summed E-state index contributed by atoms with van der Waals surface area (Å²) >= 11 is 1.23. The topological polar surface area (TPSA) is 37.4 Å². The van der Waals surface area contributed by atoms with E-state index in [4.69, 9.17) is 0 Å². The van der Waals surface area contributed by atoms with Crippen LogP contribution in [-0.4, -0.2) is 15.5 Å². The van der Waals surface area contributed by atoms with Crippen molar-refractivity contribution in [3.05, 3.63) is 46.8 Å². The first kappa shape index (κ1) is 13.1. The maximum atomic E-state index is 12.3. The quantitative estimate of drug-likeness (QED) is 0.866. The molecule has 2 rings (SSSR count). The first-order valence-electron chi connectivity index (χ1n) is 5.52. The molecule has 0 aliphatic rings. The minimum atomic E-state index is -3.43. The van der Waals surface area contributed by atoms with Crippen molar-refractivity contribution in [1.82, 2.24) is 0 Å². The van der Waals surface area contributed by atoms with Gasteiger partial charge in [0, 0.05) is 7.05 Å². The molecule has 96 valence electrons. The van der Waals surface area contributed by atoms with Crippen LogP contribution in [0.2, 0.25) is 0 Å². The lowest BCUT2D eigenvalue weighted by Crippen LogP contribution is -2.25. The van der Waals surface area contributed by atoms with Crippen molar-refractivity contribution in [2.45, 2.75) is 18.1 Å². The van der Waals surface area contributed by atoms with Crippen molar-refractivity contribution < 1.29 is 8.42 Å². The predicted molar refractivity (Wildman–Crippen MR) is 75.8 cm³/mol. The van der Waals surface area contributed by atoms with Crippen LogP contribution in [0.25, 0.3) is 0 Å². The van der Waals surface area contributed by atoms with Crippen LogP contribution in [0.5, 0.6) is 0 Å². The van der Waals surface area contributed by atoms with Crippen LogP contribution in [0.4, 0.5) is 5.69 Å². The van der Waals surface area contributed by atoms with Crippen molar-refractivity contribution in [1.29, 1.82) is 0 Å². The summed E-state index contributed by atoms with van der Waals surface area (Å²) in [5.41, 5.74) is 2.92. The number of sulfonamides is 1. The molecule has 0 fully saturated rings. The SMILES string of the molecule is Cc1ccc(N(C)S(=O)(=O)c2cccs2)cc1C. The van der Waals surface area contributed by atoms with E-state index in [1.54, 1.807) is 24.6 Å². The maximum Gasteiger partial charge on any atom is 0.273 e. The Bertz CT molecular complexity index is 646. The highest BCUT2D eigenvalue weighted by atomic mass is 32.2. The Balaban J connectivity index is 2.43. The van der Waals surface area contributed by atoms with Crippen LogP contribution in [-0.2, 0) is 10.0 Å². The van der Waals surface area contributed by atoms with Crippen LogP contribution < -0.4 is 4.31 Å². The molecular formula is C13H15NO2S2. The number of aryl methyl sites for hydroxylation is 2. The monoisotopic (exact) mass is 281 g/mol. The van der Waals surface area contributed by atoms with Crippen LogP contribution >= 0.6 is 11.3 Å². The number of hydrogen-bond donors (Lipinski definition) is 0. The average molecular weight is 281 g/mol. The van der Waals surface area contributed by atoms with Gasteiger partial charge in [-0.3, -0.25) is 4.31 Å². The van der Waals surface area contributed by atoms with Gasteiger partial charge in [-0.1, -0.05) is 12.1 Å². The van der Waals surface area contributed by atoms with Crippen LogP contribution in [0.3, 0.4) is 0 Å². The summed E-state index contributed by atoms with van der Waals surface area (Å²) in [6.45, 7) is 3.98. The third-order valence-corrected chi connectivity index (χ3v) is 6.12. The molecule has 0 unspecified atom stereocenters. The highest BCUT2D eigenvalue weighted by Crippen LogP contribution is 2.26. The fourth-order valence-electron chi connectivity index (χ4n) is 1.61. The van der Waals surface area contributed by atoms with Gasteiger partial charge in [0.25, 0.3) is 10.0 Å². The predicted octanol–water partition coefficient (Wildman–Crippen LogP) is 3.19. The summed E-state index contributed by atoms with van der Waals surface area (Å²) in [5.74, 6) is 0. The molecule has 0 aliphatic carbocycles. The van der Waals surface area contributed by atoms with Crippen LogP contribution in [0.1, 0.15) is 11.1 Å². The Morgan fingerprint density at radius 2 is 1.83 bits per heavy atom. The summed E-state index contributed by atoms with van der Waals surface area (Å²) < 4.78 is 26.3. The smallest absolute Gasteiger partial charge is 0.269 e. The van der Waals surface area contributed by atoms with Gasteiger partial charge in [-0.05, 0) is 48.6 Å². The van der Waals surface area contributed by atoms with E-state index in [2.05, 4.69) is 0 Å². The van der Waals surface area contributed by atoms with E-state index in [0.29, 0.717) is 9.90 Å². The highest BCUT2D eigenvalue weighted by molar-refractivity contribution is 7.94. The van der Waals surface area contributed by atoms with Gasteiger partial charge in [0.15, 0.2) is 0 Å². The number of benzene rings is 1. The van der Waals surface area contributed by atoms with Crippen LogP contribution in [0.15, 0.2) is 39.9 Å². The van der Waals surface area contributed by atoms with E-state index in [-0.39, 0.29) is 0 Å². The molecule has 18 heavy (non-hydrogen) atoms. The fourth-order valence-corrected chi connectivity index (χ4v) is 3.95. The van der Waals surface area contributed by atoms with Gasteiger partial charge in [-0.15, -0.1) is 11.3 Å². The molecule has 1 aromatic carbocycles. The van der Waals surface area contributed by atoms with Crippen molar-refractivity contribution in [3.63, 3.8) is 0 Å².